The number of benzene rings is 1. The molecule has 1 aromatic carbocycles. The van der Waals surface area contributed by atoms with E-state index in [1.165, 1.54) is 6.07 Å². The van der Waals surface area contributed by atoms with E-state index in [2.05, 4.69) is 25.5 Å². The fraction of sp³-hybridized carbons (Fsp3) is 0.263. The molecule has 0 amide bonds. The number of carboxylic acid groups (broad SMARTS) is 1. The number of ether oxygens (including phenoxy) is 1. The largest absolute Gasteiger partial charge is 0.476 e. The number of anilines is 2. The molecule has 0 atom stereocenters. The normalized spacial score (nSPS) is 14.7. The van der Waals surface area contributed by atoms with E-state index in [1.54, 1.807) is 10.7 Å². The van der Waals surface area contributed by atoms with Crippen LogP contribution in [0.3, 0.4) is 0 Å². The van der Waals surface area contributed by atoms with Gasteiger partial charge >= 0.3 is 5.97 Å². The van der Waals surface area contributed by atoms with Gasteiger partial charge in [-0.05, 0) is 12.5 Å². The van der Waals surface area contributed by atoms with E-state index in [0.717, 1.165) is 16.9 Å². The Hall–Kier alpha value is -3.46. The van der Waals surface area contributed by atoms with Crippen molar-refractivity contribution in [1.82, 2.24) is 14.6 Å². The lowest BCUT2D eigenvalue weighted by molar-refractivity contribution is 0.0690. The summed E-state index contributed by atoms with van der Waals surface area (Å²) in [6.07, 6.45) is 1.71. The number of carboxylic acids is 1. The molecule has 9 nitrogen and oxygen atoms in total. The second-order valence-electron chi connectivity index (χ2n) is 6.49. The van der Waals surface area contributed by atoms with E-state index in [0.29, 0.717) is 37.8 Å². The number of aromatic carboxylic acids is 1. The number of carbonyl (C=O) groups is 1. The predicted octanol–water partition coefficient (Wildman–Crippen LogP) is 2.02. The molecule has 1 saturated heterocycles. The summed E-state index contributed by atoms with van der Waals surface area (Å²) < 4.78 is 6.96. The van der Waals surface area contributed by atoms with Gasteiger partial charge in [0.1, 0.15) is 5.82 Å². The van der Waals surface area contributed by atoms with Crippen molar-refractivity contribution in [3.05, 3.63) is 53.2 Å². The Morgan fingerprint density at radius 2 is 2.11 bits per heavy atom. The van der Waals surface area contributed by atoms with Crippen LogP contribution in [0, 0.1) is 6.92 Å². The Morgan fingerprint density at radius 3 is 2.86 bits per heavy atom. The molecule has 4 rings (SSSR count). The number of aromatic nitrogens is 3. The third-order valence-corrected chi connectivity index (χ3v) is 4.40. The summed E-state index contributed by atoms with van der Waals surface area (Å²) in [4.78, 5) is 17.8. The molecule has 1 aliphatic rings. The van der Waals surface area contributed by atoms with Gasteiger partial charge < -0.3 is 14.7 Å². The molecule has 0 radical (unpaired) electrons. The maximum Gasteiger partial charge on any atom is 0.356 e. The Bertz CT molecular complexity index is 1040. The standard InChI is InChI=1S/C19H20N6O3/c1-13-3-2-4-14(9-13)12-20-22-16-11-18(24-5-7-28-8-6-24)25-17(21-16)10-15(23-25)19(26)27/h2-4,9-12H,5-8H2,1H3,(H,21,22)(H,26,27)/b20-12+. The van der Waals surface area contributed by atoms with Crippen molar-refractivity contribution >= 4 is 29.5 Å². The Kier molecular flexibility index (Phi) is 4.90. The number of nitrogens with zero attached hydrogens (tertiary/aromatic N) is 5. The molecule has 144 valence electrons. The molecular weight excluding hydrogens is 360 g/mol. The topological polar surface area (TPSA) is 104 Å². The van der Waals surface area contributed by atoms with Gasteiger partial charge in [0.05, 0.1) is 19.4 Å². The van der Waals surface area contributed by atoms with Gasteiger partial charge in [0, 0.05) is 25.2 Å². The smallest absolute Gasteiger partial charge is 0.356 e. The monoisotopic (exact) mass is 380 g/mol. The molecule has 0 bridgehead atoms. The number of aryl methyl sites for hydroxylation is 1. The van der Waals surface area contributed by atoms with E-state index in [4.69, 9.17) is 4.74 Å². The van der Waals surface area contributed by atoms with Crippen LogP contribution in [0.4, 0.5) is 11.6 Å². The van der Waals surface area contributed by atoms with Crippen LogP contribution < -0.4 is 10.3 Å². The first-order valence-corrected chi connectivity index (χ1v) is 8.93. The van der Waals surface area contributed by atoms with Gasteiger partial charge in [-0.1, -0.05) is 29.8 Å². The van der Waals surface area contributed by atoms with Crippen LogP contribution >= 0.6 is 0 Å². The number of hydrogen-bond donors (Lipinski definition) is 2. The van der Waals surface area contributed by atoms with Gasteiger partial charge in [0.2, 0.25) is 0 Å². The summed E-state index contributed by atoms with van der Waals surface area (Å²) in [7, 11) is 0. The average molecular weight is 380 g/mol. The van der Waals surface area contributed by atoms with Gasteiger partial charge in [0.25, 0.3) is 0 Å². The first kappa shape index (κ1) is 17.9. The highest BCUT2D eigenvalue weighted by molar-refractivity contribution is 5.87. The Balaban J connectivity index is 1.66. The molecule has 0 unspecified atom stereocenters. The van der Waals surface area contributed by atoms with Crippen molar-refractivity contribution in [3.8, 4) is 0 Å². The highest BCUT2D eigenvalue weighted by Gasteiger charge is 2.19. The summed E-state index contributed by atoms with van der Waals surface area (Å²) >= 11 is 0. The summed E-state index contributed by atoms with van der Waals surface area (Å²) in [5.74, 6) is 0.161. The van der Waals surface area contributed by atoms with Crippen LogP contribution in [0.5, 0.6) is 0 Å². The van der Waals surface area contributed by atoms with Crippen molar-refractivity contribution in [1.29, 1.82) is 0 Å². The first-order chi connectivity index (χ1) is 13.6. The van der Waals surface area contributed by atoms with Crippen molar-refractivity contribution in [2.24, 2.45) is 5.10 Å². The molecule has 2 N–H and O–H groups in total. The molecule has 2 aromatic heterocycles. The highest BCUT2D eigenvalue weighted by Crippen LogP contribution is 2.22. The van der Waals surface area contributed by atoms with Crippen molar-refractivity contribution in [2.45, 2.75) is 6.92 Å². The zero-order chi connectivity index (χ0) is 19.5. The lowest BCUT2D eigenvalue weighted by Gasteiger charge is -2.29. The van der Waals surface area contributed by atoms with Crippen LogP contribution in [0.2, 0.25) is 0 Å². The number of hydrazone groups is 1. The molecule has 0 aliphatic carbocycles. The number of hydrogen-bond acceptors (Lipinski definition) is 7. The van der Waals surface area contributed by atoms with Gasteiger partial charge in [-0.3, -0.25) is 5.43 Å². The van der Waals surface area contributed by atoms with E-state index in [9.17, 15) is 9.90 Å². The number of morpholine rings is 1. The van der Waals surface area contributed by atoms with E-state index in [-0.39, 0.29) is 5.69 Å². The van der Waals surface area contributed by atoms with Crippen molar-refractivity contribution < 1.29 is 14.6 Å². The maximum absolute atomic E-state index is 11.3. The molecule has 0 saturated carbocycles. The van der Waals surface area contributed by atoms with Gasteiger partial charge in [0.15, 0.2) is 17.2 Å². The third-order valence-electron chi connectivity index (χ3n) is 4.40. The van der Waals surface area contributed by atoms with Crippen LogP contribution in [0.1, 0.15) is 21.6 Å². The average Bonchev–Trinajstić information content (AvgIpc) is 3.13. The van der Waals surface area contributed by atoms with Gasteiger partial charge in [-0.15, -0.1) is 0 Å². The molecule has 1 fully saturated rings. The van der Waals surface area contributed by atoms with Crippen molar-refractivity contribution in [3.63, 3.8) is 0 Å². The van der Waals surface area contributed by atoms with Gasteiger partial charge in [-0.2, -0.15) is 14.7 Å². The SMILES string of the molecule is Cc1cccc(/C=N/Nc2cc(N3CCOCC3)n3nc(C(=O)O)cc3n2)c1. The minimum absolute atomic E-state index is 0.0533. The molecule has 3 aromatic rings. The number of nitrogens with one attached hydrogen (secondary N) is 1. The fourth-order valence-electron chi connectivity index (χ4n) is 3.06. The number of fused-ring (bicyclic) bond motifs is 1. The quantitative estimate of drug-likeness (QED) is 0.515. The first-order valence-electron chi connectivity index (χ1n) is 8.93. The Labute approximate surface area is 161 Å². The van der Waals surface area contributed by atoms with Gasteiger partial charge in [-0.25, -0.2) is 9.78 Å². The third kappa shape index (κ3) is 3.79. The summed E-state index contributed by atoms with van der Waals surface area (Å²) in [6.45, 7) is 4.60. The minimum atomic E-state index is -1.09. The zero-order valence-electron chi connectivity index (χ0n) is 15.4. The summed E-state index contributed by atoms with van der Waals surface area (Å²) in [5, 5.41) is 17.7. The Morgan fingerprint density at radius 1 is 1.29 bits per heavy atom. The van der Waals surface area contributed by atoms with Crippen LogP contribution in [-0.2, 0) is 4.74 Å². The summed E-state index contributed by atoms with van der Waals surface area (Å²) in [6, 6.07) is 11.2. The molecule has 9 heteroatoms. The van der Waals surface area contributed by atoms with Crippen molar-refractivity contribution in [2.75, 3.05) is 36.6 Å². The van der Waals surface area contributed by atoms with Crippen LogP contribution in [-0.4, -0.2) is 58.2 Å². The molecular formula is C19H20N6O3. The van der Waals surface area contributed by atoms with Crippen LogP contribution in [0.25, 0.3) is 5.65 Å². The second kappa shape index (κ2) is 7.65. The van der Waals surface area contributed by atoms with E-state index in [1.807, 2.05) is 37.3 Å². The van der Waals surface area contributed by atoms with E-state index >= 15 is 0 Å². The molecule has 3 heterocycles. The zero-order valence-corrected chi connectivity index (χ0v) is 15.4. The number of rotatable bonds is 5. The van der Waals surface area contributed by atoms with E-state index < -0.39 is 5.97 Å². The minimum Gasteiger partial charge on any atom is -0.476 e. The fourth-order valence-corrected chi connectivity index (χ4v) is 3.06. The summed E-state index contributed by atoms with van der Waals surface area (Å²) in [5.41, 5.74) is 5.44. The second-order valence-corrected chi connectivity index (χ2v) is 6.49. The lowest BCUT2D eigenvalue weighted by atomic mass is 10.2. The maximum atomic E-state index is 11.3. The molecule has 0 spiro atoms. The van der Waals surface area contributed by atoms with Crippen LogP contribution in [0.15, 0.2) is 41.5 Å². The molecule has 28 heavy (non-hydrogen) atoms. The highest BCUT2D eigenvalue weighted by atomic mass is 16.5. The predicted molar refractivity (Wildman–Crippen MR) is 105 cm³/mol. The molecule has 1 aliphatic heterocycles. The lowest BCUT2D eigenvalue weighted by Crippen LogP contribution is -2.37.